The van der Waals surface area contributed by atoms with Crippen LogP contribution in [0, 0.1) is 5.41 Å². The third-order valence-electron chi connectivity index (χ3n) is 4.54. The molecule has 2 aliphatic heterocycles. The van der Waals surface area contributed by atoms with Crippen molar-refractivity contribution >= 4 is 37.6 Å². The number of fused-ring (bicyclic) bond motifs is 1. The Bertz CT molecular complexity index is 570. The van der Waals surface area contributed by atoms with Crippen molar-refractivity contribution in [3.63, 3.8) is 0 Å². The fourth-order valence-corrected chi connectivity index (χ4v) is 4.75. The Labute approximate surface area is 142 Å². The van der Waals surface area contributed by atoms with Crippen molar-refractivity contribution in [3.05, 3.63) is 26.6 Å². The van der Waals surface area contributed by atoms with Gasteiger partial charge in [0.1, 0.15) is 17.8 Å². The molecule has 0 aromatic heterocycles. The minimum atomic E-state index is -0.417. The second kappa shape index (κ2) is 6.01. The molecular weight excluding hydrogens is 398 g/mol. The average Bonchev–Trinajstić information content (AvgIpc) is 2.44. The number of likely N-dealkylation sites (tertiary alicyclic amines) is 1. The van der Waals surface area contributed by atoms with Crippen LogP contribution in [0.3, 0.4) is 0 Å². The van der Waals surface area contributed by atoms with Crippen molar-refractivity contribution in [2.24, 2.45) is 5.41 Å². The SMILES string of the molecule is CC1(C[NH+]2CCCCC2)COc2c(Br)cc(Br)cc2C1=O. The fraction of sp³-hybridized carbons (Fsp3) is 0.562. The van der Waals surface area contributed by atoms with Gasteiger partial charge in [-0.3, -0.25) is 4.79 Å². The predicted molar refractivity (Wildman–Crippen MR) is 89.2 cm³/mol. The molecule has 1 N–H and O–H groups in total. The van der Waals surface area contributed by atoms with E-state index in [1.165, 1.54) is 32.4 Å². The molecule has 2 aliphatic rings. The van der Waals surface area contributed by atoms with Crippen molar-refractivity contribution in [1.29, 1.82) is 0 Å². The Hall–Kier alpha value is -0.390. The number of carbonyl (C=O) groups is 1. The molecule has 0 spiro atoms. The van der Waals surface area contributed by atoms with Gasteiger partial charge < -0.3 is 9.64 Å². The summed E-state index contributed by atoms with van der Waals surface area (Å²) in [5.74, 6) is 0.901. The fourth-order valence-electron chi connectivity index (χ4n) is 3.41. The quantitative estimate of drug-likeness (QED) is 0.801. The van der Waals surface area contributed by atoms with Crippen LogP contribution in [0.1, 0.15) is 36.5 Å². The van der Waals surface area contributed by atoms with Gasteiger partial charge in [-0.2, -0.15) is 0 Å². The molecule has 1 aromatic rings. The molecule has 0 saturated carbocycles. The first kappa shape index (κ1) is 15.5. The molecule has 0 radical (unpaired) electrons. The molecule has 1 fully saturated rings. The van der Waals surface area contributed by atoms with Gasteiger partial charge >= 0.3 is 0 Å². The van der Waals surface area contributed by atoms with Crippen LogP contribution in [0.4, 0.5) is 0 Å². The van der Waals surface area contributed by atoms with Gasteiger partial charge in [-0.05, 0) is 54.2 Å². The van der Waals surface area contributed by atoms with Crippen molar-refractivity contribution in [2.45, 2.75) is 26.2 Å². The van der Waals surface area contributed by atoms with Crippen LogP contribution >= 0.6 is 31.9 Å². The molecule has 3 nitrogen and oxygen atoms in total. The van der Waals surface area contributed by atoms with E-state index < -0.39 is 5.41 Å². The van der Waals surface area contributed by atoms with E-state index in [-0.39, 0.29) is 5.78 Å². The van der Waals surface area contributed by atoms with Crippen molar-refractivity contribution in [1.82, 2.24) is 0 Å². The van der Waals surface area contributed by atoms with Crippen LogP contribution in [-0.4, -0.2) is 32.0 Å². The van der Waals surface area contributed by atoms with Gasteiger partial charge in [0.2, 0.25) is 0 Å². The van der Waals surface area contributed by atoms with Gasteiger partial charge in [0, 0.05) is 4.47 Å². The lowest BCUT2D eigenvalue weighted by Gasteiger charge is -2.36. The zero-order chi connectivity index (χ0) is 15.0. The first-order chi connectivity index (χ1) is 9.99. The largest absolute Gasteiger partial charge is 0.490 e. The molecule has 0 bridgehead atoms. The summed E-state index contributed by atoms with van der Waals surface area (Å²) >= 11 is 6.95. The van der Waals surface area contributed by atoms with Crippen LogP contribution in [0.15, 0.2) is 21.1 Å². The highest BCUT2D eigenvalue weighted by Crippen LogP contribution is 2.40. The summed E-state index contributed by atoms with van der Waals surface area (Å²) in [6.07, 6.45) is 3.87. The molecule has 1 aromatic carbocycles. The number of Topliss-reactive ketones (excluding diaryl/α,β-unsaturated/α-hetero) is 1. The highest BCUT2D eigenvalue weighted by atomic mass is 79.9. The maximum atomic E-state index is 13.0. The smallest absolute Gasteiger partial charge is 0.181 e. The van der Waals surface area contributed by atoms with Crippen LogP contribution in [0.25, 0.3) is 0 Å². The normalized spacial score (nSPS) is 26.3. The number of rotatable bonds is 2. The van der Waals surface area contributed by atoms with E-state index >= 15 is 0 Å². The number of piperidine rings is 1. The van der Waals surface area contributed by atoms with Gasteiger partial charge in [0.15, 0.2) is 5.78 Å². The first-order valence-corrected chi connectivity index (χ1v) is 9.08. The summed E-state index contributed by atoms with van der Waals surface area (Å²) < 4.78 is 7.68. The molecule has 5 heteroatoms. The maximum Gasteiger partial charge on any atom is 0.181 e. The zero-order valence-electron chi connectivity index (χ0n) is 12.2. The number of quaternary nitrogens is 1. The second-order valence-corrected chi connectivity index (χ2v) is 8.20. The Morgan fingerprint density at radius 1 is 1.24 bits per heavy atom. The molecule has 1 unspecified atom stereocenters. The van der Waals surface area contributed by atoms with E-state index in [4.69, 9.17) is 4.74 Å². The van der Waals surface area contributed by atoms with Gasteiger partial charge in [-0.1, -0.05) is 15.9 Å². The van der Waals surface area contributed by atoms with Crippen LogP contribution in [0.5, 0.6) is 5.75 Å². The summed E-state index contributed by atoms with van der Waals surface area (Å²) in [5.41, 5.74) is 0.279. The predicted octanol–water partition coefficient (Wildman–Crippen LogP) is 2.86. The summed E-state index contributed by atoms with van der Waals surface area (Å²) in [4.78, 5) is 14.5. The molecule has 1 atom stereocenters. The molecule has 0 aliphatic carbocycles. The Kier molecular flexibility index (Phi) is 4.44. The van der Waals surface area contributed by atoms with Gasteiger partial charge in [-0.15, -0.1) is 0 Å². The van der Waals surface area contributed by atoms with Gasteiger partial charge in [0.05, 0.1) is 29.7 Å². The summed E-state index contributed by atoms with van der Waals surface area (Å²) in [5, 5.41) is 0. The Morgan fingerprint density at radius 3 is 2.67 bits per heavy atom. The van der Waals surface area contributed by atoms with Gasteiger partial charge in [-0.25, -0.2) is 0 Å². The number of hydrogen-bond donors (Lipinski definition) is 1. The molecule has 1 saturated heterocycles. The zero-order valence-corrected chi connectivity index (χ0v) is 15.3. The number of ether oxygens (including phenoxy) is 1. The number of carbonyl (C=O) groups excluding carboxylic acids is 1. The number of halogens is 2. The average molecular weight is 418 g/mol. The molecular formula is C16H20Br2NO2+. The number of hydrogen-bond acceptors (Lipinski definition) is 2. The van der Waals surface area contributed by atoms with Crippen LogP contribution in [-0.2, 0) is 0 Å². The van der Waals surface area contributed by atoms with E-state index in [1.807, 2.05) is 12.1 Å². The van der Waals surface area contributed by atoms with E-state index in [2.05, 4.69) is 38.8 Å². The third kappa shape index (κ3) is 3.06. The van der Waals surface area contributed by atoms with E-state index in [9.17, 15) is 4.79 Å². The molecule has 2 heterocycles. The van der Waals surface area contributed by atoms with Crippen molar-refractivity contribution < 1.29 is 14.4 Å². The summed E-state index contributed by atoms with van der Waals surface area (Å²) in [6, 6.07) is 3.80. The number of ketones is 1. The molecule has 114 valence electrons. The second-order valence-electron chi connectivity index (χ2n) is 6.43. The van der Waals surface area contributed by atoms with E-state index in [0.717, 1.165) is 15.5 Å². The molecule has 0 amide bonds. The van der Waals surface area contributed by atoms with E-state index in [1.54, 1.807) is 4.90 Å². The van der Waals surface area contributed by atoms with E-state index in [0.29, 0.717) is 17.9 Å². The molecule has 21 heavy (non-hydrogen) atoms. The standard InChI is InChI=1S/C16H19Br2NO2/c1-16(9-19-5-3-2-4-6-19)10-21-14-12(15(16)20)7-11(17)8-13(14)18/h7-8H,2-6,9-10H2,1H3/p+1. The number of benzene rings is 1. The van der Waals surface area contributed by atoms with Crippen molar-refractivity contribution in [3.8, 4) is 5.75 Å². The van der Waals surface area contributed by atoms with Crippen molar-refractivity contribution in [2.75, 3.05) is 26.2 Å². The lowest BCUT2D eigenvalue weighted by molar-refractivity contribution is -0.910. The first-order valence-electron chi connectivity index (χ1n) is 7.50. The Balaban J connectivity index is 1.86. The van der Waals surface area contributed by atoms with Crippen LogP contribution in [0.2, 0.25) is 0 Å². The lowest BCUT2D eigenvalue weighted by atomic mass is 9.80. The third-order valence-corrected chi connectivity index (χ3v) is 5.58. The monoisotopic (exact) mass is 416 g/mol. The highest BCUT2D eigenvalue weighted by molar-refractivity contribution is 9.11. The highest BCUT2D eigenvalue weighted by Gasteiger charge is 2.44. The maximum absolute atomic E-state index is 13.0. The minimum absolute atomic E-state index is 0.212. The molecule has 3 rings (SSSR count). The lowest BCUT2D eigenvalue weighted by Crippen LogP contribution is -3.14. The Morgan fingerprint density at radius 2 is 1.95 bits per heavy atom. The summed E-state index contributed by atoms with van der Waals surface area (Å²) in [7, 11) is 0. The van der Waals surface area contributed by atoms with Crippen LogP contribution < -0.4 is 9.64 Å². The minimum Gasteiger partial charge on any atom is -0.490 e. The number of nitrogens with one attached hydrogen (secondary N) is 1. The summed E-state index contributed by atoms with van der Waals surface area (Å²) in [6.45, 7) is 5.75. The van der Waals surface area contributed by atoms with Gasteiger partial charge in [0.25, 0.3) is 0 Å². The topological polar surface area (TPSA) is 30.7 Å².